The molecule has 3 N–H and O–H groups in total. The molecule has 1 unspecified atom stereocenters. The Morgan fingerprint density at radius 3 is 2.42 bits per heavy atom. The monoisotopic (exact) mass is 611 g/mol. The summed E-state index contributed by atoms with van der Waals surface area (Å²) < 4.78 is 32.3. The number of likely N-dealkylation sites (N-methyl/N-ethyl adjacent to an activating group) is 1. The molecule has 230 valence electrons. The highest BCUT2D eigenvalue weighted by Gasteiger charge is 2.28. The van der Waals surface area contributed by atoms with Crippen LogP contribution in [0.15, 0.2) is 65.6 Å². The molecule has 2 aromatic carbocycles. The van der Waals surface area contributed by atoms with Crippen LogP contribution in [0.4, 0.5) is 5.69 Å². The molecular weight excluding hydrogens is 574 g/mol. The van der Waals surface area contributed by atoms with E-state index in [1.807, 2.05) is 7.05 Å². The largest absolute Gasteiger partial charge is 0.463 e. The fraction of sp³-hybridized carbons (Fsp3) is 0.400. The molecule has 2 aliphatic heterocycles. The number of hydrogen-bond acceptors (Lipinski definition) is 8. The van der Waals surface area contributed by atoms with Crippen molar-refractivity contribution in [1.82, 2.24) is 19.8 Å². The van der Waals surface area contributed by atoms with Gasteiger partial charge in [0, 0.05) is 67.6 Å². The van der Waals surface area contributed by atoms with Crippen molar-refractivity contribution in [3.8, 4) is 0 Å². The van der Waals surface area contributed by atoms with Gasteiger partial charge in [0.05, 0.1) is 11.5 Å². The summed E-state index contributed by atoms with van der Waals surface area (Å²) in [6, 6.07) is 11.5. The number of hydrogen-bond donors (Lipinski definition) is 3. The van der Waals surface area contributed by atoms with E-state index in [0.717, 1.165) is 0 Å². The molecule has 0 aromatic heterocycles. The molecule has 13 heteroatoms. The molecule has 0 saturated carbocycles. The second kappa shape index (κ2) is 14.4. The summed E-state index contributed by atoms with van der Waals surface area (Å²) in [5.41, 5.74) is 0.878. The average molecular weight is 612 g/mol. The first-order valence-corrected chi connectivity index (χ1v) is 15.6. The van der Waals surface area contributed by atoms with Crippen molar-refractivity contribution in [3.63, 3.8) is 0 Å². The Hall–Kier alpha value is -4.07. The van der Waals surface area contributed by atoms with Crippen molar-refractivity contribution < 1.29 is 32.3 Å². The van der Waals surface area contributed by atoms with Crippen LogP contribution in [0.25, 0.3) is 0 Å². The van der Waals surface area contributed by atoms with Crippen molar-refractivity contribution in [3.05, 3.63) is 71.8 Å². The first-order valence-electron chi connectivity index (χ1n) is 14.2. The zero-order valence-electron chi connectivity index (χ0n) is 24.2. The van der Waals surface area contributed by atoms with Crippen LogP contribution >= 0.6 is 0 Å². The summed E-state index contributed by atoms with van der Waals surface area (Å²) in [7, 11) is -1.71. The Kier molecular flexibility index (Phi) is 10.7. The summed E-state index contributed by atoms with van der Waals surface area (Å²) in [5, 5.41) is 8.36. The number of anilines is 1. The van der Waals surface area contributed by atoms with Crippen LogP contribution in [-0.4, -0.2) is 93.7 Å². The summed E-state index contributed by atoms with van der Waals surface area (Å²) in [5.74, 6) is -1.87. The third-order valence-corrected chi connectivity index (χ3v) is 9.28. The van der Waals surface area contributed by atoms with E-state index in [0.29, 0.717) is 51.3 Å². The van der Waals surface area contributed by atoms with Crippen molar-refractivity contribution in [2.24, 2.45) is 5.92 Å². The Morgan fingerprint density at radius 2 is 1.77 bits per heavy atom. The van der Waals surface area contributed by atoms with Crippen molar-refractivity contribution in [2.45, 2.75) is 30.7 Å². The number of nitrogens with one attached hydrogen (secondary N) is 3. The molecule has 0 aliphatic carbocycles. The Balaban J connectivity index is 1.41. The van der Waals surface area contributed by atoms with Crippen molar-refractivity contribution >= 4 is 39.4 Å². The first-order chi connectivity index (χ1) is 20.6. The van der Waals surface area contributed by atoms with Gasteiger partial charge in [0.15, 0.2) is 0 Å². The van der Waals surface area contributed by atoms with Gasteiger partial charge in [0.1, 0.15) is 0 Å². The molecule has 2 atom stereocenters. The molecule has 0 radical (unpaired) electrons. The third kappa shape index (κ3) is 8.49. The molecule has 43 heavy (non-hydrogen) atoms. The van der Waals surface area contributed by atoms with E-state index in [9.17, 15) is 27.6 Å². The molecule has 3 amide bonds. The van der Waals surface area contributed by atoms with E-state index in [1.54, 1.807) is 25.1 Å². The predicted octanol–water partition coefficient (Wildman–Crippen LogP) is 1.62. The lowest BCUT2D eigenvalue weighted by atomic mass is 9.97. The maximum Gasteiger partial charge on any atom is 0.330 e. The fourth-order valence-electron chi connectivity index (χ4n) is 4.90. The van der Waals surface area contributed by atoms with E-state index in [1.165, 1.54) is 46.8 Å². The number of esters is 1. The molecule has 4 rings (SSSR count). The zero-order chi connectivity index (χ0) is 31.0. The topological polar surface area (TPSA) is 154 Å². The number of nitrogens with zero attached hydrogens (tertiary/aromatic N) is 2. The highest BCUT2D eigenvalue weighted by atomic mass is 32.2. The highest BCUT2D eigenvalue weighted by molar-refractivity contribution is 7.89. The minimum absolute atomic E-state index is 0.0987. The molecule has 2 aromatic rings. The van der Waals surface area contributed by atoms with Crippen LogP contribution in [0.3, 0.4) is 0 Å². The van der Waals surface area contributed by atoms with Gasteiger partial charge >= 0.3 is 5.97 Å². The molecule has 2 aliphatic rings. The standard InChI is InChI=1S/C30H37N5O7S/c1-3-42-27(36)12-9-25(20-23-13-14-31-28(23)37)33-30(39)22-5-4-6-24(19-22)32-29(38)21-7-10-26(11-8-21)43(40,41)35-17-15-34(2)16-18-35/h4-12,19,23,25H,3,13-18,20H2,1-2H3,(H,31,37)(H,32,38)(H,33,39)/b12-9+/t23?,25-/m1/s1. The highest BCUT2D eigenvalue weighted by Crippen LogP contribution is 2.20. The lowest BCUT2D eigenvalue weighted by Gasteiger charge is -2.31. The van der Waals surface area contributed by atoms with E-state index >= 15 is 0 Å². The molecule has 0 spiro atoms. The quantitative estimate of drug-likeness (QED) is 0.256. The normalized spacial score (nSPS) is 18.7. The maximum atomic E-state index is 13.1. The summed E-state index contributed by atoms with van der Waals surface area (Å²) >= 11 is 0. The first kappa shape index (κ1) is 31.9. The summed E-state index contributed by atoms with van der Waals surface area (Å²) in [6.45, 7) is 4.58. The lowest BCUT2D eigenvalue weighted by molar-refractivity contribution is -0.137. The Bertz CT molecular complexity index is 1470. The van der Waals surface area contributed by atoms with Gasteiger partial charge in [-0.1, -0.05) is 12.1 Å². The number of carbonyl (C=O) groups excluding carboxylic acids is 4. The van der Waals surface area contributed by atoms with Gasteiger partial charge < -0.3 is 25.6 Å². The number of carbonyl (C=O) groups is 4. The fourth-order valence-corrected chi connectivity index (χ4v) is 6.32. The molecule has 2 saturated heterocycles. The minimum atomic E-state index is -3.66. The van der Waals surface area contributed by atoms with Gasteiger partial charge in [-0.25, -0.2) is 13.2 Å². The molecule has 2 heterocycles. The second-order valence-electron chi connectivity index (χ2n) is 10.5. The molecule has 12 nitrogen and oxygen atoms in total. The SMILES string of the molecule is CCOC(=O)/C=C/[C@H](CC1CCNC1=O)NC(=O)c1cccc(NC(=O)c2ccc(S(=O)(=O)N3CCN(C)CC3)cc2)c1. The van der Waals surface area contributed by atoms with E-state index in [4.69, 9.17) is 4.74 Å². The number of piperazine rings is 1. The number of rotatable bonds is 11. The second-order valence-corrected chi connectivity index (χ2v) is 12.4. The Labute approximate surface area is 251 Å². The van der Waals surface area contributed by atoms with Gasteiger partial charge in [-0.05, 0) is 69.3 Å². The van der Waals surface area contributed by atoms with Crippen LogP contribution < -0.4 is 16.0 Å². The predicted molar refractivity (Wildman–Crippen MR) is 160 cm³/mol. The zero-order valence-corrected chi connectivity index (χ0v) is 25.1. The average Bonchev–Trinajstić information content (AvgIpc) is 3.40. The third-order valence-electron chi connectivity index (χ3n) is 7.37. The molecule has 0 bridgehead atoms. The maximum absolute atomic E-state index is 13.1. The van der Waals surface area contributed by atoms with Gasteiger partial charge in [0.2, 0.25) is 15.9 Å². The van der Waals surface area contributed by atoms with Crippen molar-refractivity contribution in [2.75, 3.05) is 51.7 Å². The smallest absolute Gasteiger partial charge is 0.330 e. The van der Waals surface area contributed by atoms with Gasteiger partial charge in [-0.15, -0.1) is 0 Å². The van der Waals surface area contributed by atoms with E-state index in [2.05, 4.69) is 20.9 Å². The van der Waals surface area contributed by atoms with E-state index < -0.39 is 33.8 Å². The van der Waals surface area contributed by atoms with Crippen LogP contribution in [-0.2, 0) is 24.3 Å². The number of sulfonamides is 1. The molecule has 2 fully saturated rings. The minimum Gasteiger partial charge on any atom is -0.463 e. The van der Waals surface area contributed by atoms with Crippen LogP contribution in [0.1, 0.15) is 40.5 Å². The van der Waals surface area contributed by atoms with Gasteiger partial charge in [-0.2, -0.15) is 4.31 Å². The van der Waals surface area contributed by atoms with Gasteiger partial charge in [0.25, 0.3) is 11.8 Å². The summed E-state index contributed by atoms with van der Waals surface area (Å²) in [4.78, 5) is 52.2. The lowest BCUT2D eigenvalue weighted by Crippen LogP contribution is -2.47. The number of amides is 3. The number of ether oxygens (including phenoxy) is 1. The Morgan fingerprint density at radius 1 is 1.05 bits per heavy atom. The number of benzene rings is 2. The van der Waals surface area contributed by atoms with Crippen molar-refractivity contribution in [1.29, 1.82) is 0 Å². The molecular formula is C30H37N5O7S. The van der Waals surface area contributed by atoms with E-state index in [-0.39, 0.29) is 34.5 Å². The van der Waals surface area contributed by atoms with Gasteiger partial charge in [-0.3, -0.25) is 14.4 Å². The van der Waals surface area contributed by atoms with Crippen LogP contribution in [0, 0.1) is 5.92 Å². The van der Waals surface area contributed by atoms with Crippen LogP contribution in [0.2, 0.25) is 0 Å². The summed E-state index contributed by atoms with van der Waals surface area (Å²) in [6.07, 6.45) is 3.69. The van der Waals surface area contributed by atoms with Crippen LogP contribution in [0.5, 0.6) is 0 Å².